The molecule has 2 unspecified atom stereocenters. The smallest absolute Gasteiger partial charge is 0.0386 e. The number of hydrogen-bond donors (Lipinski definition) is 0. The summed E-state index contributed by atoms with van der Waals surface area (Å²) in [5.74, 6) is 4.17. The minimum absolute atomic E-state index is 1.00. The molecule has 0 aliphatic heterocycles. The summed E-state index contributed by atoms with van der Waals surface area (Å²) >= 11 is 0. The molecule has 1 radical (unpaired) electrons. The van der Waals surface area contributed by atoms with Crippen molar-refractivity contribution in [1.82, 2.24) is 0 Å². The van der Waals surface area contributed by atoms with Crippen LogP contribution in [-0.2, 0) is 0 Å². The Kier molecular flexibility index (Phi) is 8.19. The molecule has 2 saturated carbocycles. The largest absolute Gasteiger partial charge is 0.0651 e. The van der Waals surface area contributed by atoms with E-state index in [9.17, 15) is 0 Å². The first-order valence-electron chi connectivity index (χ1n) is 10.1. The minimum Gasteiger partial charge on any atom is -0.0651 e. The van der Waals surface area contributed by atoms with Gasteiger partial charge in [-0.05, 0) is 55.8 Å². The fourth-order valence-electron chi connectivity index (χ4n) is 5.01. The van der Waals surface area contributed by atoms with Crippen molar-refractivity contribution in [3.05, 3.63) is 6.42 Å². The monoisotopic (exact) mass is 291 g/mol. The fraction of sp³-hybridized carbons (Fsp3) is 0.952. The van der Waals surface area contributed by atoms with Crippen LogP contribution in [0.2, 0.25) is 0 Å². The van der Waals surface area contributed by atoms with Crippen molar-refractivity contribution >= 4 is 0 Å². The van der Waals surface area contributed by atoms with Gasteiger partial charge in [-0.2, -0.15) is 0 Å². The zero-order valence-corrected chi connectivity index (χ0v) is 14.8. The van der Waals surface area contributed by atoms with E-state index in [1.54, 1.807) is 0 Å². The van der Waals surface area contributed by atoms with E-state index in [-0.39, 0.29) is 0 Å². The highest BCUT2D eigenvalue weighted by atomic mass is 14.3. The SMILES string of the molecule is CCC(CCCCCC(C)C1CCCC1)C1CC[CH]CC1. The third kappa shape index (κ3) is 5.95. The highest BCUT2D eigenvalue weighted by Gasteiger charge is 2.22. The van der Waals surface area contributed by atoms with Crippen molar-refractivity contribution in [3.8, 4) is 0 Å². The van der Waals surface area contributed by atoms with Crippen LogP contribution in [0, 0.1) is 30.1 Å². The number of hydrogen-bond acceptors (Lipinski definition) is 0. The molecule has 0 aromatic heterocycles. The minimum atomic E-state index is 1.00. The average Bonchev–Trinajstić information content (AvgIpc) is 3.06. The lowest BCUT2D eigenvalue weighted by Gasteiger charge is -2.29. The molecule has 0 saturated heterocycles. The summed E-state index contributed by atoms with van der Waals surface area (Å²) in [6.07, 6.45) is 23.2. The lowest BCUT2D eigenvalue weighted by Crippen LogP contribution is -2.17. The van der Waals surface area contributed by atoms with Crippen LogP contribution in [0.5, 0.6) is 0 Å². The summed E-state index contributed by atoms with van der Waals surface area (Å²) in [4.78, 5) is 0. The van der Waals surface area contributed by atoms with E-state index in [4.69, 9.17) is 0 Å². The van der Waals surface area contributed by atoms with Crippen LogP contribution in [0.4, 0.5) is 0 Å². The van der Waals surface area contributed by atoms with Crippen LogP contribution in [0.25, 0.3) is 0 Å². The van der Waals surface area contributed by atoms with Crippen LogP contribution in [0.3, 0.4) is 0 Å². The van der Waals surface area contributed by atoms with Gasteiger partial charge in [0.1, 0.15) is 0 Å². The summed E-state index contributed by atoms with van der Waals surface area (Å²) in [6.45, 7) is 4.94. The van der Waals surface area contributed by atoms with Gasteiger partial charge in [0.2, 0.25) is 0 Å². The predicted octanol–water partition coefficient (Wildman–Crippen LogP) is 7.18. The second-order valence-corrected chi connectivity index (χ2v) is 8.03. The van der Waals surface area contributed by atoms with Crippen LogP contribution < -0.4 is 0 Å². The molecule has 0 amide bonds. The Balaban J connectivity index is 1.53. The highest BCUT2D eigenvalue weighted by Crippen LogP contribution is 2.35. The second kappa shape index (κ2) is 9.90. The van der Waals surface area contributed by atoms with Crippen molar-refractivity contribution in [2.75, 3.05) is 0 Å². The van der Waals surface area contributed by atoms with Gasteiger partial charge in [-0.3, -0.25) is 0 Å². The quantitative estimate of drug-likeness (QED) is 0.394. The van der Waals surface area contributed by atoms with Gasteiger partial charge < -0.3 is 0 Å². The molecule has 2 aliphatic rings. The molecule has 0 bridgehead atoms. The molecular weight excluding hydrogens is 252 g/mol. The molecule has 2 atom stereocenters. The summed E-state index contributed by atoms with van der Waals surface area (Å²) in [7, 11) is 0. The third-order valence-electron chi connectivity index (χ3n) is 6.61. The van der Waals surface area contributed by atoms with Crippen LogP contribution in [-0.4, -0.2) is 0 Å². The molecule has 21 heavy (non-hydrogen) atoms. The molecule has 2 aliphatic carbocycles. The summed E-state index contributed by atoms with van der Waals surface area (Å²) in [5.41, 5.74) is 0. The predicted molar refractivity (Wildman–Crippen MR) is 94.2 cm³/mol. The van der Waals surface area contributed by atoms with Crippen molar-refractivity contribution in [2.24, 2.45) is 23.7 Å². The normalized spacial score (nSPS) is 24.3. The Bertz CT molecular complexity index is 245. The van der Waals surface area contributed by atoms with Crippen LogP contribution in [0.1, 0.15) is 104 Å². The number of unbranched alkanes of at least 4 members (excludes halogenated alkanes) is 2. The molecule has 0 N–H and O–H groups in total. The van der Waals surface area contributed by atoms with Crippen LogP contribution >= 0.6 is 0 Å². The summed E-state index contributed by atoms with van der Waals surface area (Å²) in [5, 5.41) is 0. The van der Waals surface area contributed by atoms with Crippen LogP contribution in [0.15, 0.2) is 0 Å². The Morgan fingerprint density at radius 2 is 1.52 bits per heavy atom. The zero-order valence-electron chi connectivity index (χ0n) is 14.8. The molecule has 0 spiro atoms. The summed E-state index contributed by atoms with van der Waals surface area (Å²) < 4.78 is 0. The maximum absolute atomic E-state index is 2.52. The van der Waals surface area contributed by atoms with Crippen molar-refractivity contribution in [2.45, 2.75) is 104 Å². The first kappa shape index (κ1) is 17.4. The van der Waals surface area contributed by atoms with Gasteiger partial charge in [-0.15, -0.1) is 0 Å². The number of rotatable bonds is 9. The maximum Gasteiger partial charge on any atom is -0.0386 e. The zero-order chi connectivity index (χ0) is 14.9. The fourth-order valence-corrected chi connectivity index (χ4v) is 5.01. The molecule has 2 rings (SSSR count). The van der Waals surface area contributed by atoms with Gasteiger partial charge in [-0.1, -0.05) is 78.1 Å². The van der Waals surface area contributed by atoms with E-state index in [0.717, 1.165) is 23.7 Å². The van der Waals surface area contributed by atoms with E-state index in [1.165, 1.54) is 89.9 Å². The Morgan fingerprint density at radius 1 is 0.857 bits per heavy atom. The van der Waals surface area contributed by atoms with Crippen molar-refractivity contribution < 1.29 is 0 Å². The molecule has 0 heteroatoms. The van der Waals surface area contributed by atoms with Crippen molar-refractivity contribution in [1.29, 1.82) is 0 Å². The van der Waals surface area contributed by atoms with Crippen molar-refractivity contribution in [3.63, 3.8) is 0 Å². The standard InChI is InChI=1S/C21H39/c1-3-19(21-16-8-5-9-17-21)13-7-4-6-12-18(2)20-14-10-11-15-20/h5,18-21H,3-4,6-17H2,1-2H3. The topological polar surface area (TPSA) is 0 Å². The maximum atomic E-state index is 2.52. The first-order chi connectivity index (χ1) is 10.3. The van der Waals surface area contributed by atoms with E-state index >= 15 is 0 Å². The molecule has 2 fully saturated rings. The Labute approximate surface area is 134 Å². The van der Waals surface area contributed by atoms with Gasteiger partial charge in [0.05, 0.1) is 0 Å². The highest BCUT2D eigenvalue weighted by molar-refractivity contribution is 4.80. The van der Waals surface area contributed by atoms with E-state index in [1.807, 2.05) is 0 Å². The molecule has 123 valence electrons. The molecular formula is C21H39. The van der Waals surface area contributed by atoms with E-state index in [0.29, 0.717) is 0 Å². The molecule has 0 nitrogen and oxygen atoms in total. The third-order valence-corrected chi connectivity index (χ3v) is 6.61. The second-order valence-electron chi connectivity index (χ2n) is 8.03. The Hall–Kier alpha value is 0. The van der Waals surface area contributed by atoms with Gasteiger partial charge in [0, 0.05) is 0 Å². The van der Waals surface area contributed by atoms with Gasteiger partial charge in [-0.25, -0.2) is 0 Å². The van der Waals surface area contributed by atoms with E-state index < -0.39 is 0 Å². The van der Waals surface area contributed by atoms with Gasteiger partial charge in [0.15, 0.2) is 0 Å². The average molecular weight is 292 g/mol. The lowest BCUT2D eigenvalue weighted by molar-refractivity contribution is 0.243. The lowest BCUT2D eigenvalue weighted by atomic mass is 9.76. The van der Waals surface area contributed by atoms with Gasteiger partial charge in [0.25, 0.3) is 0 Å². The molecule has 0 heterocycles. The Morgan fingerprint density at radius 3 is 2.19 bits per heavy atom. The molecule has 0 aromatic rings. The molecule has 0 aromatic carbocycles. The summed E-state index contributed by atoms with van der Waals surface area (Å²) in [6, 6.07) is 0. The first-order valence-corrected chi connectivity index (χ1v) is 10.1. The van der Waals surface area contributed by atoms with E-state index in [2.05, 4.69) is 20.3 Å². The van der Waals surface area contributed by atoms with Gasteiger partial charge >= 0.3 is 0 Å².